The molecule has 0 amide bonds. The van der Waals surface area contributed by atoms with Gasteiger partial charge in [0, 0.05) is 23.8 Å². The summed E-state index contributed by atoms with van der Waals surface area (Å²) in [6.45, 7) is 8.66. The van der Waals surface area contributed by atoms with Gasteiger partial charge in [0.1, 0.15) is 21.9 Å². The maximum Gasteiger partial charge on any atom is 0.461 e. The van der Waals surface area contributed by atoms with Gasteiger partial charge < -0.3 is 14.0 Å². The van der Waals surface area contributed by atoms with Gasteiger partial charge in [-0.1, -0.05) is 43.3 Å². The second-order valence-corrected chi connectivity index (χ2v) is 12.6. The van der Waals surface area contributed by atoms with E-state index in [9.17, 15) is 26.5 Å². The lowest BCUT2D eigenvalue weighted by molar-refractivity contribution is -0.253. The maximum absolute atomic E-state index is 15.0. The van der Waals surface area contributed by atoms with E-state index in [1.807, 2.05) is 6.92 Å². The molecule has 0 radical (unpaired) electrons. The molecule has 1 N–H and O–H groups in total. The monoisotopic (exact) mass is 601 g/mol. The van der Waals surface area contributed by atoms with Crippen LogP contribution in [0.1, 0.15) is 57.7 Å². The first kappa shape index (κ1) is 32.6. The summed E-state index contributed by atoms with van der Waals surface area (Å²) in [6.07, 6.45) is -8.91. The molecule has 4 nitrogen and oxygen atoms in total. The largest absolute Gasteiger partial charge is 0.598 e. The quantitative estimate of drug-likeness (QED) is 0.169. The molecule has 0 spiro atoms. The first-order valence-corrected chi connectivity index (χ1v) is 14.1. The second-order valence-electron chi connectivity index (χ2n) is 10.7. The van der Waals surface area contributed by atoms with E-state index in [0.29, 0.717) is 18.1 Å². The molecule has 224 valence electrons. The van der Waals surface area contributed by atoms with E-state index >= 15 is 4.39 Å². The van der Waals surface area contributed by atoms with Crippen LogP contribution in [0, 0.1) is 11.6 Å². The average Bonchev–Trinajstić information content (AvgIpc) is 2.88. The Hall–Kier alpha value is -2.89. The molecule has 3 atom stereocenters. The average molecular weight is 602 g/mol. The van der Waals surface area contributed by atoms with Crippen LogP contribution in [0.4, 0.5) is 26.3 Å². The summed E-state index contributed by atoms with van der Waals surface area (Å²) in [5.41, 5.74) is -0.818. The molecule has 1 unspecified atom stereocenters. The lowest BCUT2D eigenvalue weighted by Gasteiger charge is -2.39. The Morgan fingerprint density at radius 1 is 0.927 bits per heavy atom. The smallest absolute Gasteiger partial charge is 0.461 e. The summed E-state index contributed by atoms with van der Waals surface area (Å²) in [5, 5.41) is 0. The Morgan fingerprint density at radius 3 is 2.17 bits per heavy atom. The summed E-state index contributed by atoms with van der Waals surface area (Å²) >= 11 is -1.86. The first-order chi connectivity index (χ1) is 19.1. The normalized spacial score (nSPS) is 15.3. The van der Waals surface area contributed by atoms with Gasteiger partial charge in [-0.15, -0.1) is 4.72 Å². The molecule has 0 heterocycles. The molecule has 0 saturated carbocycles. The van der Waals surface area contributed by atoms with Crippen LogP contribution in [0.3, 0.4) is 0 Å². The van der Waals surface area contributed by atoms with E-state index in [4.69, 9.17) is 4.74 Å². The minimum absolute atomic E-state index is 0.0296. The number of hydrogen-bond acceptors (Lipinski definition) is 4. The predicted octanol–water partition coefficient (Wildman–Crippen LogP) is 7.92. The third kappa shape index (κ3) is 8.11. The van der Waals surface area contributed by atoms with Crippen LogP contribution < -0.4 is 14.2 Å². The van der Waals surface area contributed by atoms with Crippen molar-refractivity contribution in [3.05, 3.63) is 95.1 Å². The van der Waals surface area contributed by atoms with Crippen LogP contribution in [0.2, 0.25) is 0 Å². The summed E-state index contributed by atoms with van der Waals surface area (Å²) in [7, 11) is 0. The Balaban J connectivity index is 2.35. The van der Waals surface area contributed by atoms with Crippen LogP contribution in [-0.4, -0.2) is 27.9 Å². The Morgan fingerprint density at radius 2 is 1.59 bits per heavy atom. The summed E-state index contributed by atoms with van der Waals surface area (Å²) in [4.78, 5) is 0. The number of hydrogen-bond donors (Lipinski definition) is 1. The van der Waals surface area contributed by atoms with Crippen molar-refractivity contribution in [1.82, 2.24) is 4.72 Å². The van der Waals surface area contributed by atoms with Crippen LogP contribution in [0.25, 0.3) is 0 Å². The molecule has 3 rings (SSSR count). The van der Waals surface area contributed by atoms with Crippen molar-refractivity contribution in [3.63, 3.8) is 0 Å². The minimum Gasteiger partial charge on any atom is -0.598 e. The highest BCUT2D eigenvalue weighted by atomic mass is 32.2. The van der Waals surface area contributed by atoms with E-state index in [-0.39, 0.29) is 29.4 Å². The van der Waals surface area contributed by atoms with Crippen molar-refractivity contribution in [2.45, 2.75) is 76.4 Å². The fraction of sp³-hybridized carbons (Fsp3) is 0.400. The number of nitrogens with one attached hydrogen (secondary N) is 1. The van der Waals surface area contributed by atoms with Crippen LogP contribution >= 0.6 is 0 Å². The molecule has 0 saturated heterocycles. The van der Waals surface area contributed by atoms with Gasteiger partial charge in [0.05, 0.1) is 6.10 Å². The molecular formula is C30H33F6NO3S. The molecule has 41 heavy (non-hydrogen) atoms. The van der Waals surface area contributed by atoms with E-state index in [1.165, 1.54) is 12.1 Å². The van der Waals surface area contributed by atoms with Crippen molar-refractivity contribution in [1.29, 1.82) is 0 Å². The molecule has 0 aliphatic rings. The third-order valence-corrected chi connectivity index (χ3v) is 7.98. The Kier molecular flexibility index (Phi) is 10.3. The third-order valence-electron chi connectivity index (χ3n) is 6.33. The Bertz CT molecular complexity index is 1310. The minimum atomic E-state index is -4.90. The van der Waals surface area contributed by atoms with Crippen molar-refractivity contribution >= 4 is 11.4 Å². The molecule has 11 heteroatoms. The van der Waals surface area contributed by atoms with Crippen molar-refractivity contribution in [2.24, 2.45) is 0 Å². The van der Waals surface area contributed by atoms with Crippen molar-refractivity contribution in [2.75, 3.05) is 0 Å². The second kappa shape index (κ2) is 13.0. The van der Waals surface area contributed by atoms with Gasteiger partial charge in [-0.2, -0.15) is 17.6 Å². The van der Waals surface area contributed by atoms with Gasteiger partial charge in [-0.3, -0.25) is 0 Å². The fourth-order valence-electron chi connectivity index (χ4n) is 3.97. The molecule has 0 aliphatic carbocycles. The number of rotatable bonds is 12. The lowest BCUT2D eigenvalue weighted by atomic mass is 9.78. The summed E-state index contributed by atoms with van der Waals surface area (Å²) < 4.78 is 109. The Labute approximate surface area is 239 Å². The first-order valence-electron chi connectivity index (χ1n) is 12.9. The topological polar surface area (TPSA) is 53.5 Å². The van der Waals surface area contributed by atoms with Crippen LogP contribution in [0.5, 0.6) is 11.5 Å². The van der Waals surface area contributed by atoms with Gasteiger partial charge in [-0.05, 0) is 75.1 Å². The summed E-state index contributed by atoms with van der Waals surface area (Å²) in [5.74, 6) is -2.75. The van der Waals surface area contributed by atoms with E-state index in [2.05, 4.69) is 9.46 Å². The predicted molar refractivity (Wildman–Crippen MR) is 147 cm³/mol. The standard InChI is InChI=1S/C30H33F6NO3S/c1-6-19(2)39-26-16-21(12-13-25(26)32)29(37-41(38)28(3,4)5,18-20-10-8-7-9-11-20)22-14-23(31)17-24(15-22)40-30(35,36)27(33)34/h7-17,19,27,37H,6,18H2,1-5H3/t19?,29-,41+/m1/s1. The molecule has 0 aromatic heterocycles. The number of ether oxygens (including phenoxy) is 2. The lowest BCUT2D eigenvalue weighted by Crippen LogP contribution is -2.53. The van der Waals surface area contributed by atoms with Crippen LogP contribution in [-0.2, 0) is 23.3 Å². The molecule has 0 bridgehead atoms. The van der Waals surface area contributed by atoms with Gasteiger partial charge in [0.2, 0.25) is 0 Å². The molecule has 3 aromatic carbocycles. The van der Waals surface area contributed by atoms with Gasteiger partial charge in [-0.25, -0.2) is 8.78 Å². The number of alkyl halides is 4. The van der Waals surface area contributed by atoms with E-state index < -0.39 is 51.6 Å². The van der Waals surface area contributed by atoms with E-state index in [0.717, 1.165) is 18.2 Å². The highest BCUT2D eigenvalue weighted by molar-refractivity contribution is 7.90. The SMILES string of the molecule is CCC(C)Oc1cc([C@@](Cc2ccccc2)(N[S@@+]([O-])C(C)(C)C)c2cc(F)cc(OC(F)(F)C(F)F)c2)ccc1F. The molecule has 0 fully saturated rings. The number of halogens is 6. The highest BCUT2D eigenvalue weighted by Gasteiger charge is 2.46. The molecule has 0 aliphatic heterocycles. The van der Waals surface area contributed by atoms with E-state index in [1.54, 1.807) is 58.0 Å². The van der Waals surface area contributed by atoms with Gasteiger partial charge >= 0.3 is 12.5 Å². The number of benzene rings is 3. The van der Waals surface area contributed by atoms with Crippen molar-refractivity contribution < 1.29 is 40.4 Å². The van der Waals surface area contributed by atoms with Crippen LogP contribution in [0.15, 0.2) is 66.7 Å². The van der Waals surface area contributed by atoms with Gasteiger partial charge in [0.25, 0.3) is 0 Å². The van der Waals surface area contributed by atoms with Crippen molar-refractivity contribution in [3.8, 4) is 11.5 Å². The maximum atomic E-state index is 15.0. The molecule has 3 aromatic rings. The molecular weight excluding hydrogens is 568 g/mol. The zero-order valence-electron chi connectivity index (χ0n) is 23.3. The highest BCUT2D eigenvalue weighted by Crippen LogP contribution is 2.40. The van der Waals surface area contributed by atoms with Gasteiger partial charge in [0.15, 0.2) is 11.6 Å². The fourth-order valence-corrected chi connectivity index (χ4v) is 4.90. The zero-order valence-corrected chi connectivity index (χ0v) is 24.1. The summed E-state index contributed by atoms with van der Waals surface area (Å²) in [6, 6.07) is 15.2. The zero-order chi connectivity index (χ0) is 30.6.